The number of carbonyl (C=O) groups excluding carboxylic acids is 1. The van der Waals surface area contributed by atoms with E-state index in [2.05, 4.69) is 15.5 Å². The third kappa shape index (κ3) is 3.67. The van der Waals surface area contributed by atoms with Crippen molar-refractivity contribution in [3.05, 3.63) is 65.5 Å². The van der Waals surface area contributed by atoms with Crippen molar-refractivity contribution >= 4 is 11.9 Å². The van der Waals surface area contributed by atoms with Crippen LogP contribution in [0.3, 0.4) is 0 Å². The van der Waals surface area contributed by atoms with Crippen molar-refractivity contribution in [1.82, 2.24) is 15.5 Å². The molecule has 1 amide bonds. The first kappa shape index (κ1) is 18.4. The first-order chi connectivity index (χ1) is 14.8. The van der Waals surface area contributed by atoms with Crippen LogP contribution < -0.4 is 19.7 Å². The number of ether oxygens (including phenoxy) is 3. The summed E-state index contributed by atoms with van der Waals surface area (Å²) in [6.07, 6.45) is 0. The second-order valence-electron chi connectivity index (χ2n) is 6.91. The summed E-state index contributed by atoms with van der Waals surface area (Å²) >= 11 is 0. The number of hydrogen-bond donors (Lipinski definition) is 1. The van der Waals surface area contributed by atoms with Crippen molar-refractivity contribution < 1.29 is 23.4 Å². The van der Waals surface area contributed by atoms with Gasteiger partial charge in [-0.25, -0.2) is 0 Å². The van der Waals surface area contributed by atoms with Crippen LogP contribution >= 0.6 is 0 Å². The molecule has 2 aromatic carbocycles. The van der Waals surface area contributed by atoms with Crippen molar-refractivity contribution in [2.75, 3.05) is 38.0 Å². The Morgan fingerprint density at radius 1 is 1.00 bits per heavy atom. The molecule has 0 saturated carbocycles. The van der Waals surface area contributed by atoms with Crippen LogP contribution in [-0.4, -0.2) is 49.2 Å². The summed E-state index contributed by atoms with van der Waals surface area (Å²) in [7, 11) is 0. The van der Waals surface area contributed by atoms with E-state index in [-0.39, 0.29) is 12.7 Å². The molecule has 9 heteroatoms. The van der Waals surface area contributed by atoms with E-state index in [1.165, 1.54) is 0 Å². The molecule has 1 N–H and O–H groups in total. The van der Waals surface area contributed by atoms with E-state index in [0.717, 1.165) is 5.56 Å². The highest BCUT2D eigenvalue weighted by molar-refractivity contribution is 5.95. The third-order valence-corrected chi connectivity index (χ3v) is 5.00. The Labute approximate surface area is 172 Å². The Balaban J connectivity index is 1.41. The molecule has 0 unspecified atom stereocenters. The summed E-state index contributed by atoms with van der Waals surface area (Å²) in [5.41, 5.74) is 1.29. The molecule has 0 bridgehead atoms. The molecule has 1 saturated heterocycles. The van der Waals surface area contributed by atoms with Gasteiger partial charge in [-0.2, -0.15) is 0 Å². The largest absolute Gasteiger partial charge is 0.454 e. The van der Waals surface area contributed by atoms with Gasteiger partial charge in [-0.1, -0.05) is 35.4 Å². The Morgan fingerprint density at radius 2 is 1.80 bits per heavy atom. The van der Waals surface area contributed by atoms with Gasteiger partial charge in [-0.05, 0) is 23.8 Å². The van der Waals surface area contributed by atoms with Crippen molar-refractivity contribution in [2.24, 2.45) is 0 Å². The highest BCUT2D eigenvalue weighted by Gasteiger charge is 2.26. The predicted octanol–water partition coefficient (Wildman–Crippen LogP) is 2.15. The van der Waals surface area contributed by atoms with E-state index in [4.69, 9.17) is 18.6 Å². The molecule has 5 rings (SSSR count). The maximum absolute atomic E-state index is 13.0. The molecule has 0 spiro atoms. The van der Waals surface area contributed by atoms with E-state index >= 15 is 0 Å². The number of aromatic nitrogens is 2. The number of rotatable bonds is 5. The molecule has 2 aliphatic rings. The number of anilines is 1. The van der Waals surface area contributed by atoms with Gasteiger partial charge in [0, 0.05) is 18.7 Å². The molecule has 2 aliphatic heterocycles. The van der Waals surface area contributed by atoms with Gasteiger partial charge in [0.2, 0.25) is 12.7 Å². The fourth-order valence-corrected chi connectivity index (χ4v) is 3.41. The Hall–Kier alpha value is -3.59. The van der Waals surface area contributed by atoms with Crippen molar-refractivity contribution in [3.8, 4) is 11.5 Å². The van der Waals surface area contributed by atoms with E-state index in [1.807, 2.05) is 35.2 Å². The van der Waals surface area contributed by atoms with E-state index in [9.17, 15) is 4.79 Å². The van der Waals surface area contributed by atoms with Crippen LogP contribution in [-0.2, 0) is 4.74 Å². The molecule has 1 aromatic heterocycles. The Kier molecular flexibility index (Phi) is 4.94. The number of benzene rings is 2. The summed E-state index contributed by atoms with van der Waals surface area (Å²) in [6, 6.07) is 14.4. The lowest BCUT2D eigenvalue weighted by Gasteiger charge is -2.24. The van der Waals surface area contributed by atoms with E-state index in [1.54, 1.807) is 18.2 Å². The minimum atomic E-state index is -0.591. The first-order valence-electron chi connectivity index (χ1n) is 9.69. The topological polar surface area (TPSA) is 99.0 Å². The number of nitrogens with zero attached hydrogens (tertiary/aromatic N) is 3. The fourth-order valence-electron chi connectivity index (χ4n) is 3.41. The number of amides is 1. The number of hydrogen-bond acceptors (Lipinski definition) is 8. The van der Waals surface area contributed by atoms with Gasteiger partial charge in [0.25, 0.3) is 5.91 Å². The lowest BCUT2D eigenvalue weighted by atomic mass is 10.1. The van der Waals surface area contributed by atoms with Gasteiger partial charge in [-0.3, -0.25) is 4.79 Å². The highest BCUT2D eigenvalue weighted by atomic mass is 16.7. The van der Waals surface area contributed by atoms with Gasteiger partial charge in [0.05, 0.1) is 13.2 Å². The minimum absolute atomic E-state index is 0.152. The van der Waals surface area contributed by atoms with Crippen LogP contribution in [0.4, 0.5) is 6.01 Å². The van der Waals surface area contributed by atoms with Crippen molar-refractivity contribution in [1.29, 1.82) is 0 Å². The fraction of sp³-hybridized carbons (Fsp3) is 0.286. The van der Waals surface area contributed by atoms with E-state index < -0.39 is 6.04 Å². The van der Waals surface area contributed by atoms with Gasteiger partial charge in [0.15, 0.2) is 11.5 Å². The zero-order chi connectivity index (χ0) is 20.3. The Bertz CT molecular complexity index is 1030. The molecule has 9 nitrogen and oxygen atoms in total. The second-order valence-corrected chi connectivity index (χ2v) is 6.91. The normalized spacial score (nSPS) is 16.3. The first-order valence-corrected chi connectivity index (χ1v) is 9.69. The number of nitrogens with one attached hydrogen (secondary N) is 1. The van der Waals surface area contributed by atoms with Gasteiger partial charge in [-0.15, -0.1) is 5.10 Å². The van der Waals surface area contributed by atoms with Crippen LogP contribution in [0.2, 0.25) is 0 Å². The summed E-state index contributed by atoms with van der Waals surface area (Å²) in [6.45, 7) is 2.74. The van der Waals surface area contributed by atoms with Crippen LogP contribution in [0.15, 0.2) is 52.9 Å². The smallest absolute Gasteiger partial charge is 0.318 e. The van der Waals surface area contributed by atoms with Gasteiger partial charge < -0.3 is 28.8 Å². The van der Waals surface area contributed by atoms with E-state index in [0.29, 0.717) is 55.3 Å². The molecular formula is C21H20N4O5. The van der Waals surface area contributed by atoms with Gasteiger partial charge >= 0.3 is 6.01 Å². The molecule has 0 radical (unpaired) electrons. The summed E-state index contributed by atoms with van der Waals surface area (Å²) < 4.78 is 22.0. The summed E-state index contributed by atoms with van der Waals surface area (Å²) in [4.78, 5) is 15.0. The van der Waals surface area contributed by atoms with Crippen LogP contribution in [0.1, 0.15) is 27.9 Å². The molecule has 30 heavy (non-hydrogen) atoms. The van der Waals surface area contributed by atoms with Crippen LogP contribution in [0, 0.1) is 0 Å². The zero-order valence-corrected chi connectivity index (χ0v) is 16.1. The lowest BCUT2D eigenvalue weighted by Crippen LogP contribution is -2.36. The van der Waals surface area contributed by atoms with Crippen molar-refractivity contribution in [3.63, 3.8) is 0 Å². The zero-order valence-electron chi connectivity index (χ0n) is 16.1. The third-order valence-electron chi connectivity index (χ3n) is 5.00. The maximum Gasteiger partial charge on any atom is 0.318 e. The molecule has 1 fully saturated rings. The quantitative estimate of drug-likeness (QED) is 0.686. The Morgan fingerprint density at radius 3 is 2.63 bits per heavy atom. The minimum Gasteiger partial charge on any atom is -0.454 e. The number of morpholine rings is 1. The SMILES string of the molecule is O=C(N[C@H](c1ccccc1)c1nnc(N2CCOCC2)o1)c1ccc2c(c1)OCO2. The molecule has 3 heterocycles. The van der Waals surface area contributed by atoms with Gasteiger partial charge in [0.1, 0.15) is 6.04 Å². The predicted molar refractivity (Wildman–Crippen MR) is 106 cm³/mol. The molecule has 3 aromatic rings. The highest BCUT2D eigenvalue weighted by Crippen LogP contribution is 2.33. The van der Waals surface area contributed by atoms with Crippen LogP contribution in [0.25, 0.3) is 0 Å². The molecular weight excluding hydrogens is 388 g/mol. The molecule has 0 aliphatic carbocycles. The number of carbonyl (C=O) groups is 1. The summed E-state index contributed by atoms with van der Waals surface area (Å²) in [5.74, 6) is 1.20. The summed E-state index contributed by atoms with van der Waals surface area (Å²) in [5, 5.41) is 11.4. The average Bonchev–Trinajstić information content (AvgIpc) is 3.48. The molecule has 154 valence electrons. The van der Waals surface area contributed by atoms with Crippen LogP contribution in [0.5, 0.6) is 11.5 Å². The monoisotopic (exact) mass is 408 g/mol. The number of fused-ring (bicyclic) bond motifs is 1. The average molecular weight is 408 g/mol. The maximum atomic E-state index is 13.0. The standard InChI is InChI=1S/C21H20N4O5/c26-19(15-6-7-16-17(12-15)29-13-28-16)22-18(14-4-2-1-3-5-14)20-23-24-21(30-20)25-8-10-27-11-9-25/h1-7,12,18H,8-11,13H2,(H,22,26)/t18-/m1/s1. The lowest BCUT2D eigenvalue weighted by molar-refractivity contribution is 0.0937. The molecule has 1 atom stereocenters. The second kappa shape index (κ2) is 8.03. The van der Waals surface area contributed by atoms with Crippen molar-refractivity contribution in [2.45, 2.75) is 6.04 Å².